The number of benzene rings is 2. The third-order valence-electron chi connectivity index (χ3n) is 6.43. The number of carbonyl (C=O) groups excluding carboxylic acids is 2. The average molecular weight is 503 g/mol. The molecule has 2 aliphatic rings. The topological polar surface area (TPSA) is 81.9 Å². The number of methoxy groups -OCH3 is 1. The Morgan fingerprint density at radius 3 is 2.38 bits per heavy atom. The summed E-state index contributed by atoms with van der Waals surface area (Å²) in [4.78, 5) is 27.4. The summed E-state index contributed by atoms with van der Waals surface area (Å²) in [5.74, 6) is -0.647. The predicted octanol–water partition coefficient (Wildman–Crippen LogP) is 5.53. The van der Waals surface area contributed by atoms with Crippen molar-refractivity contribution >= 4 is 35.2 Å². The fourth-order valence-corrected chi connectivity index (χ4v) is 5.21. The summed E-state index contributed by atoms with van der Waals surface area (Å²) in [6.45, 7) is 5.41. The molecule has 1 fully saturated rings. The molecule has 1 aliphatic carbocycles. The van der Waals surface area contributed by atoms with Crippen LogP contribution in [0.5, 0.6) is 5.75 Å². The lowest BCUT2D eigenvalue weighted by Crippen LogP contribution is -2.54. The van der Waals surface area contributed by atoms with E-state index in [4.69, 9.17) is 38.4 Å². The fraction of sp³-hybridized carbons (Fsp3) is 0.385. The number of hydrogen-bond acceptors (Lipinski definition) is 5. The number of imide groups is 1. The molecule has 1 heterocycles. The highest BCUT2D eigenvalue weighted by Gasteiger charge is 2.58. The van der Waals surface area contributed by atoms with E-state index in [0.717, 1.165) is 16.0 Å². The number of nitrogens with zero attached hydrogens (tertiary/aromatic N) is 1. The first-order chi connectivity index (χ1) is 15.9. The predicted molar refractivity (Wildman–Crippen MR) is 132 cm³/mol. The quantitative estimate of drug-likeness (QED) is 0.557. The van der Waals surface area contributed by atoms with Crippen LogP contribution in [0, 0.1) is 5.92 Å². The first-order valence-electron chi connectivity index (χ1n) is 11.1. The molecule has 4 atom stereocenters. The molecule has 6 nitrogen and oxygen atoms in total. The lowest BCUT2D eigenvalue weighted by molar-refractivity contribution is -0.130. The van der Waals surface area contributed by atoms with Gasteiger partial charge in [0.1, 0.15) is 16.9 Å². The summed E-state index contributed by atoms with van der Waals surface area (Å²) in [6.07, 6.45) is 2.95. The molecule has 1 aliphatic heterocycles. The Morgan fingerprint density at radius 2 is 1.76 bits per heavy atom. The number of halogens is 2. The molecule has 2 amide bonds. The van der Waals surface area contributed by atoms with Crippen LogP contribution in [0.15, 0.2) is 54.6 Å². The van der Waals surface area contributed by atoms with Gasteiger partial charge in [0.05, 0.1) is 7.11 Å². The number of rotatable bonds is 3. The molecule has 0 radical (unpaired) electrons. The lowest BCUT2D eigenvalue weighted by atomic mass is 9.64. The van der Waals surface area contributed by atoms with Crippen molar-refractivity contribution < 1.29 is 19.1 Å². The third kappa shape index (κ3) is 4.42. The molecular formula is C26H28Cl2N2O4. The van der Waals surface area contributed by atoms with Crippen molar-refractivity contribution in [3.05, 3.63) is 75.8 Å². The highest BCUT2D eigenvalue weighted by Crippen LogP contribution is 2.52. The molecule has 2 aromatic carbocycles. The minimum atomic E-state index is -1.35. The summed E-state index contributed by atoms with van der Waals surface area (Å²) in [5, 5.41) is 1.16. The number of likely N-dealkylation sites (tertiary alicyclic amines) is 1. The number of fused-ring (bicyclic) bond motifs is 1. The van der Waals surface area contributed by atoms with E-state index >= 15 is 0 Å². The van der Waals surface area contributed by atoms with Crippen LogP contribution in [0.2, 0.25) is 10.0 Å². The van der Waals surface area contributed by atoms with Crippen molar-refractivity contribution in [3.8, 4) is 5.75 Å². The van der Waals surface area contributed by atoms with Crippen molar-refractivity contribution in [1.29, 1.82) is 0 Å². The molecular weight excluding hydrogens is 475 g/mol. The van der Waals surface area contributed by atoms with Crippen LogP contribution in [-0.2, 0) is 9.53 Å². The Morgan fingerprint density at radius 1 is 1.12 bits per heavy atom. The molecule has 2 N–H and O–H groups in total. The van der Waals surface area contributed by atoms with Gasteiger partial charge in [-0.15, -0.1) is 0 Å². The Balaban J connectivity index is 1.82. The fourth-order valence-electron chi connectivity index (χ4n) is 4.92. The molecule has 2 aromatic rings. The maximum Gasteiger partial charge on any atom is 0.417 e. The smallest absolute Gasteiger partial charge is 0.417 e. The molecule has 0 bridgehead atoms. The largest absolute Gasteiger partial charge is 0.496 e. The molecule has 34 heavy (non-hydrogen) atoms. The normalized spacial score (nSPS) is 26.4. The van der Waals surface area contributed by atoms with Gasteiger partial charge in [-0.25, -0.2) is 9.69 Å². The Labute approximate surface area is 209 Å². The molecule has 0 saturated carbocycles. The lowest BCUT2D eigenvalue weighted by Gasteiger charge is -2.40. The minimum Gasteiger partial charge on any atom is -0.496 e. The molecule has 1 saturated heterocycles. The van der Waals surface area contributed by atoms with Crippen molar-refractivity contribution in [2.24, 2.45) is 11.7 Å². The van der Waals surface area contributed by atoms with Crippen LogP contribution in [-0.4, -0.2) is 41.7 Å². The second-order valence-corrected chi connectivity index (χ2v) is 10.7. The van der Waals surface area contributed by atoms with E-state index in [-0.39, 0.29) is 18.4 Å². The number of amides is 2. The number of nitrogens with two attached hydrogens (primary N) is 1. The maximum atomic E-state index is 13.4. The van der Waals surface area contributed by atoms with Gasteiger partial charge < -0.3 is 15.2 Å². The molecule has 180 valence electrons. The van der Waals surface area contributed by atoms with E-state index in [9.17, 15) is 9.59 Å². The molecule has 0 aromatic heterocycles. The van der Waals surface area contributed by atoms with Crippen LogP contribution >= 0.6 is 23.2 Å². The van der Waals surface area contributed by atoms with E-state index in [2.05, 4.69) is 0 Å². The first kappa shape index (κ1) is 24.6. The van der Waals surface area contributed by atoms with E-state index in [1.165, 1.54) is 0 Å². The van der Waals surface area contributed by atoms with Gasteiger partial charge in [-0.2, -0.15) is 0 Å². The van der Waals surface area contributed by atoms with Crippen molar-refractivity contribution in [3.63, 3.8) is 0 Å². The van der Waals surface area contributed by atoms with Gasteiger partial charge in [-0.05, 0) is 50.6 Å². The SMILES string of the molecule is COc1cc(Cl)ccc1[C@@H]1C=C[C@@]2(N)C(=O)N(C(=O)OC(C)(C)C)C[C@H]2[C@H]1c1ccc(Cl)cc1. The minimum absolute atomic E-state index is 0.133. The number of allylic oxidation sites excluding steroid dienone is 1. The molecule has 8 heteroatoms. The maximum absolute atomic E-state index is 13.4. The van der Waals surface area contributed by atoms with Crippen molar-refractivity contribution in [1.82, 2.24) is 4.90 Å². The van der Waals surface area contributed by atoms with Crippen LogP contribution < -0.4 is 10.5 Å². The van der Waals surface area contributed by atoms with Crippen LogP contribution in [0.4, 0.5) is 4.79 Å². The Bertz CT molecular complexity index is 1140. The van der Waals surface area contributed by atoms with Crippen LogP contribution in [0.3, 0.4) is 0 Å². The Hall–Kier alpha value is -2.54. The number of ether oxygens (including phenoxy) is 2. The van der Waals surface area contributed by atoms with E-state index in [0.29, 0.717) is 15.8 Å². The second kappa shape index (κ2) is 8.91. The highest BCUT2D eigenvalue weighted by molar-refractivity contribution is 6.31. The zero-order valence-electron chi connectivity index (χ0n) is 19.5. The van der Waals surface area contributed by atoms with Gasteiger partial charge >= 0.3 is 6.09 Å². The molecule has 4 rings (SSSR count). The van der Waals surface area contributed by atoms with Gasteiger partial charge in [-0.1, -0.05) is 53.6 Å². The summed E-state index contributed by atoms with van der Waals surface area (Å²) in [5.41, 5.74) is 6.50. The van der Waals surface area contributed by atoms with Gasteiger partial charge in [0.2, 0.25) is 0 Å². The monoisotopic (exact) mass is 502 g/mol. The van der Waals surface area contributed by atoms with Gasteiger partial charge in [-0.3, -0.25) is 4.79 Å². The van der Waals surface area contributed by atoms with E-state index < -0.39 is 29.1 Å². The van der Waals surface area contributed by atoms with Gasteiger partial charge in [0, 0.05) is 39.9 Å². The standard InChI is InChI=1S/C26H28Cl2N2O4/c1-25(2,3)34-24(32)30-14-20-22(15-5-7-16(27)8-6-15)19(11-12-26(20,29)23(30)31)18-10-9-17(28)13-21(18)33-4/h5-13,19-20,22H,14,29H2,1-4H3/t19-,20-,22-,26-/m0/s1. The zero-order chi connectivity index (χ0) is 24.8. The van der Waals surface area contributed by atoms with Crippen LogP contribution in [0.1, 0.15) is 43.7 Å². The second-order valence-electron chi connectivity index (χ2n) is 9.78. The third-order valence-corrected chi connectivity index (χ3v) is 6.92. The van der Waals surface area contributed by atoms with Crippen molar-refractivity contribution in [2.75, 3.05) is 13.7 Å². The molecule has 0 unspecified atom stereocenters. The molecule has 0 spiro atoms. The van der Waals surface area contributed by atoms with Crippen LogP contribution in [0.25, 0.3) is 0 Å². The average Bonchev–Trinajstić information content (AvgIpc) is 3.04. The summed E-state index contributed by atoms with van der Waals surface area (Å²) in [7, 11) is 1.59. The van der Waals surface area contributed by atoms with Crippen molar-refractivity contribution in [2.45, 2.75) is 43.7 Å². The van der Waals surface area contributed by atoms with Gasteiger partial charge in [0.25, 0.3) is 5.91 Å². The summed E-state index contributed by atoms with van der Waals surface area (Å²) in [6, 6.07) is 13.0. The highest BCUT2D eigenvalue weighted by atomic mass is 35.5. The summed E-state index contributed by atoms with van der Waals surface area (Å²) >= 11 is 12.4. The number of hydrogen-bond donors (Lipinski definition) is 1. The first-order valence-corrected chi connectivity index (χ1v) is 11.8. The Kier molecular flexibility index (Phi) is 6.44. The number of carbonyl (C=O) groups is 2. The van der Waals surface area contributed by atoms with E-state index in [1.807, 2.05) is 42.5 Å². The zero-order valence-corrected chi connectivity index (χ0v) is 21.1. The van der Waals surface area contributed by atoms with Gasteiger partial charge in [0.15, 0.2) is 0 Å². The summed E-state index contributed by atoms with van der Waals surface area (Å²) < 4.78 is 11.1. The van der Waals surface area contributed by atoms with E-state index in [1.54, 1.807) is 40.0 Å².